The summed E-state index contributed by atoms with van der Waals surface area (Å²) < 4.78 is 7.62. The van der Waals surface area contributed by atoms with Gasteiger partial charge in [-0.1, -0.05) is 19.9 Å². The minimum Gasteiger partial charge on any atom is -0.444 e. The number of anilines is 1. The quantitative estimate of drug-likeness (QED) is 0.545. The summed E-state index contributed by atoms with van der Waals surface area (Å²) in [5, 5.41) is 8.18. The molecule has 0 bridgehead atoms. The Labute approximate surface area is 225 Å². The van der Waals surface area contributed by atoms with Gasteiger partial charge in [0.25, 0.3) is 0 Å². The third kappa shape index (κ3) is 7.13. The number of nitrogens with zero attached hydrogens (tertiary/aromatic N) is 6. The van der Waals surface area contributed by atoms with Gasteiger partial charge < -0.3 is 24.8 Å². The van der Waals surface area contributed by atoms with Crippen molar-refractivity contribution in [3.63, 3.8) is 0 Å². The number of ether oxygens (including phenoxy) is 1. The summed E-state index contributed by atoms with van der Waals surface area (Å²) >= 11 is 0. The molecule has 37 heavy (non-hydrogen) atoms. The van der Waals surface area contributed by atoms with Gasteiger partial charge in [0.05, 0.1) is 12.7 Å². The SMILES string of the molecule is Cc1cc(NC2CCN(C(=O)O[C@H]3CCN(C(=O)/C=C/CN(C)C)C3)CC2)n2ncc(C(C)C)c2n1.Cl. The number of hydrogen-bond acceptors (Lipinski definition) is 7. The predicted molar refractivity (Wildman–Crippen MR) is 146 cm³/mol. The van der Waals surface area contributed by atoms with Crippen molar-refractivity contribution in [2.45, 2.75) is 58.1 Å². The molecule has 4 rings (SSSR count). The molecule has 2 aliphatic heterocycles. The highest BCUT2D eigenvalue weighted by Crippen LogP contribution is 2.24. The van der Waals surface area contributed by atoms with Gasteiger partial charge in [-0.2, -0.15) is 9.61 Å². The van der Waals surface area contributed by atoms with E-state index in [-0.39, 0.29) is 36.6 Å². The molecular weight excluding hydrogens is 494 g/mol. The van der Waals surface area contributed by atoms with Crippen molar-refractivity contribution in [3.8, 4) is 0 Å². The van der Waals surface area contributed by atoms with Crippen LogP contribution in [0.2, 0.25) is 0 Å². The molecule has 2 saturated heterocycles. The van der Waals surface area contributed by atoms with E-state index >= 15 is 0 Å². The van der Waals surface area contributed by atoms with Crippen LogP contribution >= 0.6 is 12.4 Å². The minimum absolute atomic E-state index is 0. The van der Waals surface area contributed by atoms with E-state index in [0.717, 1.165) is 42.1 Å². The number of piperidine rings is 1. The number of rotatable bonds is 7. The molecule has 0 unspecified atom stereocenters. The molecule has 204 valence electrons. The van der Waals surface area contributed by atoms with Gasteiger partial charge in [0.15, 0.2) is 5.65 Å². The summed E-state index contributed by atoms with van der Waals surface area (Å²) in [6, 6.07) is 2.26. The second-order valence-corrected chi connectivity index (χ2v) is 10.4. The van der Waals surface area contributed by atoms with Crippen LogP contribution in [0.5, 0.6) is 0 Å². The van der Waals surface area contributed by atoms with Crippen LogP contribution in [-0.4, -0.2) is 100 Å². The van der Waals surface area contributed by atoms with Gasteiger partial charge >= 0.3 is 6.09 Å². The maximum absolute atomic E-state index is 12.8. The van der Waals surface area contributed by atoms with Crippen molar-refractivity contribution in [2.75, 3.05) is 52.1 Å². The molecule has 1 atom stereocenters. The van der Waals surface area contributed by atoms with Gasteiger partial charge in [-0.3, -0.25) is 4.79 Å². The summed E-state index contributed by atoms with van der Waals surface area (Å²) in [6.45, 7) is 9.33. The van der Waals surface area contributed by atoms with E-state index in [1.807, 2.05) is 48.8 Å². The fraction of sp³-hybridized carbons (Fsp3) is 0.615. The fourth-order valence-corrected chi connectivity index (χ4v) is 4.74. The summed E-state index contributed by atoms with van der Waals surface area (Å²) in [5.41, 5.74) is 2.98. The molecule has 1 N–H and O–H groups in total. The summed E-state index contributed by atoms with van der Waals surface area (Å²) in [6.07, 6.45) is 7.14. The first-order valence-electron chi connectivity index (χ1n) is 12.9. The first-order valence-corrected chi connectivity index (χ1v) is 12.9. The van der Waals surface area contributed by atoms with Crippen molar-refractivity contribution in [2.24, 2.45) is 0 Å². The number of hydrogen-bond donors (Lipinski definition) is 1. The predicted octanol–water partition coefficient (Wildman–Crippen LogP) is 3.31. The largest absolute Gasteiger partial charge is 0.444 e. The molecular formula is C26H40ClN7O3. The average Bonchev–Trinajstić information content (AvgIpc) is 3.46. The number of nitrogens with one attached hydrogen (secondary N) is 1. The Hall–Kier alpha value is -2.85. The number of amides is 2. The standard InChI is InChI=1S/C26H39N7O3.ClH/c1-18(2)22-16-27-33-23(15-19(3)28-25(22)33)29-20-8-12-31(13-9-20)26(35)36-21-10-14-32(17-21)24(34)7-6-11-30(4)5;/h6-7,15-16,18,20-21,29H,8-14,17H2,1-5H3;1H/b7-6+;/t21-;/m0./s1. The first-order chi connectivity index (χ1) is 17.2. The van der Waals surface area contributed by atoms with Crippen molar-refractivity contribution in [1.82, 2.24) is 29.3 Å². The van der Waals surface area contributed by atoms with E-state index in [0.29, 0.717) is 38.5 Å². The molecule has 0 saturated carbocycles. The van der Waals surface area contributed by atoms with E-state index < -0.39 is 0 Å². The Kier molecular flexibility index (Phi) is 9.78. The second-order valence-electron chi connectivity index (χ2n) is 10.4. The highest BCUT2D eigenvalue weighted by atomic mass is 35.5. The van der Waals surface area contributed by atoms with Gasteiger partial charge in [0, 0.05) is 62.0 Å². The number of carbonyl (C=O) groups excluding carboxylic acids is 2. The highest BCUT2D eigenvalue weighted by molar-refractivity contribution is 5.87. The average molecular weight is 534 g/mol. The molecule has 2 aromatic rings. The van der Waals surface area contributed by atoms with Gasteiger partial charge in [-0.15, -0.1) is 12.4 Å². The lowest BCUT2D eigenvalue weighted by Crippen LogP contribution is -2.44. The Balaban J connectivity index is 0.00000380. The Morgan fingerprint density at radius 2 is 1.89 bits per heavy atom. The van der Waals surface area contributed by atoms with E-state index in [1.54, 1.807) is 15.9 Å². The number of carbonyl (C=O) groups is 2. The number of fused-ring (bicyclic) bond motifs is 1. The molecule has 4 heterocycles. The van der Waals surface area contributed by atoms with Crippen LogP contribution in [-0.2, 0) is 9.53 Å². The zero-order chi connectivity index (χ0) is 25.8. The van der Waals surface area contributed by atoms with Crippen molar-refractivity contribution in [3.05, 3.63) is 35.7 Å². The lowest BCUT2D eigenvalue weighted by atomic mass is 10.1. The number of likely N-dealkylation sites (N-methyl/N-ethyl adjacent to an activating group) is 1. The van der Waals surface area contributed by atoms with Gasteiger partial charge in [0.1, 0.15) is 11.9 Å². The molecule has 2 aliphatic rings. The smallest absolute Gasteiger partial charge is 0.410 e. The van der Waals surface area contributed by atoms with E-state index in [4.69, 9.17) is 9.72 Å². The van der Waals surface area contributed by atoms with E-state index in [9.17, 15) is 9.59 Å². The number of aryl methyl sites for hydroxylation is 1. The molecule has 11 heteroatoms. The summed E-state index contributed by atoms with van der Waals surface area (Å²) in [4.78, 5) is 35.3. The van der Waals surface area contributed by atoms with Crippen LogP contribution in [0.25, 0.3) is 5.65 Å². The molecule has 2 fully saturated rings. The van der Waals surface area contributed by atoms with E-state index in [1.165, 1.54) is 0 Å². The van der Waals surface area contributed by atoms with Crippen LogP contribution in [0.3, 0.4) is 0 Å². The third-order valence-corrected chi connectivity index (χ3v) is 6.81. The number of aromatic nitrogens is 3. The minimum atomic E-state index is -0.285. The maximum atomic E-state index is 12.8. The second kappa shape index (κ2) is 12.6. The Morgan fingerprint density at radius 3 is 2.57 bits per heavy atom. The highest BCUT2D eigenvalue weighted by Gasteiger charge is 2.31. The van der Waals surface area contributed by atoms with Crippen LogP contribution < -0.4 is 5.32 Å². The monoisotopic (exact) mass is 533 g/mol. The van der Waals surface area contributed by atoms with Gasteiger partial charge in [-0.05, 0) is 39.8 Å². The van der Waals surface area contributed by atoms with Gasteiger partial charge in [-0.25, -0.2) is 9.78 Å². The van der Waals surface area contributed by atoms with Crippen LogP contribution in [0.4, 0.5) is 10.6 Å². The third-order valence-electron chi connectivity index (χ3n) is 6.81. The zero-order valence-electron chi connectivity index (χ0n) is 22.5. The molecule has 0 radical (unpaired) electrons. The lowest BCUT2D eigenvalue weighted by molar-refractivity contribution is -0.125. The topological polar surface area (TPSA) is 95.3 Å². The maximum Gasteiger partial charge on any atom is 0.410 e. The van der Waals surface area contributed by atoms with Crippen molar-refractivity contribution >= 4 is 35.9 Å². The number of halogens is 1. The zero-order valence-corrected chi connectivity index (χ0v) is 23.3. The molecule has 10 nitrogen and oxygen atoms in total. The van der Waals surface area contributed by atoms with Crippen molar-refractivity contribution in [1.29, 1.82) is 0 Å². The van der Waals surface area contributed by atoms with Gasteiger partial charge in [0.2, 0.25) is 5.91 Å². The summed E-state index contributed by atoms with van der Waals surface area (Å²) in [7, 11) is 3.92. The van der Waals surface area contributed by atoms with E-state index in [2.05, 4.69) is 24.3 Å². The van der Waals surface area contributed by atoms with Crippen LogP contribution in [0.15, 0.2) is 24.4 Å². The number of likely N-dealkylation sites (tertiary alicyclic amines) is 2. The molecule has 2 aromatic heterocycles. The summed E-state index contributed by atoms with van der Waals surface area (Å²) in [5.74, 6) is 1.25. The normalized spacial score (nSPS) is 18.7. The first kappa shape index (κ1) is 28.7. The van der Waals surface area contributed by atoms with Crippen molar-refractivity contribution < 1.29 is 14.3 Å². The molecule has 0 aliphatic carbocycles. The Morgan fingerprint density at radius 1 is 1.19 bits per heavy atom. The molecule has 0 aromatic carbocycles. The Bertz CT molecular complexity index is 1110. The fourth-order valence-electron chi connectivity index (χ4n) is 4.74. The molecule has 0 spiro atoms. The lowest BCUT2D eigenvalue weighted by Gasteiger charge is -2.33. The van der Waals surface area contributed by atoms with Crippen LogP contribution in [0, 0.1) is 6.92 Å². The molecule has 2 amide bonds. The van der Waals surface area contributed by atoms with Crippen LogP contribution in [0.1, 0.15) is 50.3 Å².